The van der Waals surface area contributed by atoms with Gasteiger partial charge in [0.2, 0.25) is 5.91 Å². The van der Waals surface area contributed by atoms with Crippen molar-refractivity contribution < 1.29 is 14.3 Å². The Labute approximate surface area is 420 Å². The third-order valence-electron chi connectivity index (χ3n) is 15.0. The van der Waals surface area contributed by atoms with Crippen LogP contribution in [0.15, 0.2) is 0 Å². The number of rotatable bonds is 53. The Hall–Kier alpha value is -1.18. The molecule has 0 spiro atoms. The SMILES string of the molecule is CCCCCCCCCCCN(CCCCCCCCCCC)CC(=O)OCC1CCN(C(=O)CN(CCCCCCCCC)CCN(CCCCCCCCC)CCCCCCCCC)C1. The van der Waals surface area contributed by atoms with E-state index in [4.69, 9.17) is 4.74 Å². The number of amides is 1. The van der Waals surface area contributed by atoms with Crippen LogP contribution in [0.1, 0.15) is 291 Å². The van der Waals surface area contributed by atoms with Crippen molar-refractivity contribution in [3.8, 4) is 0 Å². The molecule has 0 N–H and O–H groups in total. The molecule has 1 saturated heterocycles. The zero-order valence-electron chi connectivity index (χ0n) is 46.4. The third kappa shape index (κ3) is 41.2. The Morgan fingerprint density at radius 1 is 0.373 bits per heavy atom. The fourth-order valence-corrected chi connectivity index (χ4v) is 10.3. The summed E-state index contributed by atoms with van der Waals surface area (Å²) in [6.07, 6.45) is 52.8. The molecule has 0 saturated carbocycles. The van der Waals surface area contributed by atoms with Gasteiger partial charge >= 0.3 is 5.97 Å². The zero-order valence-corrected chi connectivity index (χ0v) is 46.4. The van der Waals surface area contributed by atoms with Crippen LogP contribution in [0.3, 0.4) is 0 Å². The van der Waals surface area contributed by atoms with Gasteiger partial charge in [-0.15, -0.1) is 0 Å². The highest BCUT2D eigenvalue weighted by atomic mass is 16.5. The topological polar surface area (TPSA) is 56.3 Å². The molecule has 1 atom stereocenters. The Morgan fingerprint density at radius 2 is 0.657 bits per heavy atom. The third-order valence-corrected chi connectivity index (χ3v) is 15.0. The molecule has 1 unspecified atom stereocenters. The number of hydrogen-bond acceptors (Lipinski definition) is 6. The number of nitrogens with zero attached hydrogens (tertiary/aromatic N) is 4. The second-order valence-corrected chi connectivity index (χ2v) is 21.6. The van der Waals surface area contributed by atoms with Gasteiger partial charge in [0.1, 0.15) is 0 Å². The Balaban J connectivity index is 2.72. The fourth-order valence-electron chi connectivity index (χ4n) is 10.3. The van der Waals surface area contributed by atoms with Crippen molar-refractivity contribution >= 4 is 11.9 Å². The van der Waals surface area contributed by atoms with Crippen molar-refractivity contribution in [3.63, 3.8) is 0 Å². The summed E-state index contributed by atoms with van der Waals surface area (Å²) in [5, 5.41) is 0. The summed E-state index contributed by atoms with van der Waals surface area (Å²) < 4.78 is 6.01. The highest BCUT2D eigenvalue weighted by molar-refractivity contribution is 5.78. The average Bonchev–Trinajstić information content (AvgIpc) is 3.82. The van der Waals surface area contributed by atoms with Gasteiger partial charge in [-0.2, -0.15) is 0 Å². The van der Waals surface area contributed by atoms with Crippen LogP contribution in [-0.4, -0.2) is 110 Å². The minimum Gasteiger partial charge on any atom is -0.464 e. The molecule has 7 nitrogen and oxygen atoms in total. The summed E-state index contributed by atoms with van der Waals surface area (Å²) in [7, 11) is 0. The summed E-state index contributed by atoms with van der Waals surface area (Å²) in [5.74, 6) is 0.442. The molecule has 1 heterocycles. The summed E-state index contributed by atoms with van der Waals surface area (Å²) in [6.45, 7) is 21.8. The number of likely N-dealkylation sites (tertiary alicyclic amines) is 1. The molecule has 7 heteroatoms. The molecule has 1 aliphatic rings. The zero-order chi connectivity index (χ0) is 48.5. The van der Waals surface area contributed by atoms with Crippen LogP contribution in [0.2, 0.25) is 0 Å². The van der Waals surface area contributed by atoms with Crippen molar-refractivity contribution in [1.29, 1.82) is 0 Å². The number of ether oxygens (including phenoxy) is 1. The van der Waals surface area contributed by atoms with Crippen LogP contribution >= 0.6 is 0 Å². The molecule has 0 aromatic heterocycles. The molecule has 67 heavy (non-hydrogen) atoms. The lowest BCUT2D eigenvalue weighted by Gasteiger charge is -2.29. The van der Waals surface area contributed by atoms with E-state index in [9.17, 15) is 9.59 Å². The van der Waals surface area contributed by atoms with Crippen LogP contribution in [-0.2, 0) is 14.3 Å². The van der Waals surface area contributed by atoms with E-state index in [-0.39, 0.29) is 17.8 Å². The molecule has 0 aliphatic carbocycles. The van der Waals surface area contributed by atoms with Gasteiger partial charge in [-0.25, -0.2) is 0 Å². The number of carbonyl (C=O) groups excluding carboxylic acids is 2. The molecule has 1 amide bonds. The van der Waals surface area contributed by atoms with Gasteiger partial charge in [-0.1, -0.05) is 253 Å². The summed E-state index contributed by atoms with van der Waals surface area (Å²) >= 11 is 0. The number of unbranched alkanes of at least 4 members (excludes halogenated alkanes) is 34. The predicted octanol–water partition coefficient (Wildman–Crippen LogP) is 16.6. The molecule has 0 aromatic rings. The van der Waals surface area contributed by atoms with Gasteiger partial charge in [0.25, 0.3) is 0 Å². The maximum absolute atomic E-state index is 14.0. The summed E-state index contributed by atoms with van der Waals surface area (Å²) in [6, 6.07) is 0. The van der Waals surface area contributed by atoms with Gasteiger partial charge < -0.3 is 14.5 Å². The minimum atomic E-state index is -0.0740. The lowest BCUT2D eigenvalue weighted by atomic mass is 10.1. The first-order valence-corrected chi connectivity index (χ1v) is 30.6. The Bertz CT molecular complexity index is 1000. The maximum atomic E-state index is 14.0. The van der Waals surface area contributed by atoms with Crippen molar-refractivity contribution in [3.05, 3.63) is 0 Å². The number of hydrogen-bond donors (Lipinski definition) is 0. The highest BCUT2D eigenvalue weighted by Gasteiger charge is 2.28. The van der Waals surface area contributed by atoms with Gasteiger partial charge in [-0.05, 0) is 71.2 Å². The van der Waals surface area contributed by atoms with Crippen LogP contribution in [0.5, 0.6) is 0 Å². The van der Waals surface area contributed by atoms with E-state index in [1.54, 1.807) is 0 Å². The van der Waals surface area contributed by atoms with Crippen molar-refractivity contribution in [1.82, 2.24) is 19.6 Å². The standard InChI is InChI=1S/C60H120N4O3/c1-6-11-16-21-26-28-33-38-42-48-62(49-43-39-34-29-27-22-17-12-7-2)56-60(66)67-57-58-45-51-64(54-58)59(65)55-63(50-44-37-32-25-20-15-10-5)53-52-61(46-40-35-30-23-18-13-8-3)47-41-36-31-24-19-14-9-4/h58H,6-57H2,1-5H3. The van der Waals surface area contributed by atoms with Gasteiger partial charge in [0.05, 0.1) is 19.7 Å². The van der Waals surface area contributed by atoms with Crippen LogP contribution in [0.25, 0.3) is 0 Å². The van der Waals surface area contributed by atoms with E-state index in [2.05, 4.69) is 54.2 Å². The molecular formula is C60H120N4O3. The summed E-state index contributed by atoms with van der Waals surface area (Å²) in [5.41, 5.74) is 0. The van der Waals surface area contributed by atoms with Gasteiger partial charge in [0.15, 0.2) is 0 Å². The Morgan fingerprint density at radius 3 is 1.00 bits per heavy atom. The quantitative estimate of drug-likeness (QED) is 0.0447. The van der Waals surface area contributed by atoms with E-state index in [0.29, 0.717) is 19.7 Å². The smallest absolute Gasteiger partial charge is 0.320 e. The molecule has 0 aromatic carbocycles. The predicted molar refractivity (Wildman–Crippen MR) is 293 cm³/mol. The van der Waals surface area contributed by atoms with Crippen LogP contribution in [0, 0.1) is 5.92 Å². The molecule has 0 radical (unpaired) electrons. The average molecular weight is 946 g/mol. The van der Waals surface area contributed by atoms with Crippen LogP contribution < -0.4 is 0 Å². The lowest BCUT2D eigenvalue weighted by Crippen LogP contribution is -2.43. The normalized spacial score (nSPS) is 14.1. The van der Waals surface area contributed by atoms with E-state index in [1.165, 1.54) is 264 Å². The van der Waals surface area contributed by atoms with Crippen LogP contribution in [0.4, 0.5) is 0 Å². The fraction of sp³-hybridized carbons (Fsp3) is 0.967. The molecule has 0 bridgehead atoms. The van der Waals surface area contributed by atoms with E-state index in [0.717, 1.165) is 52.2 Å². The first-order valence-electron chi connectivity index (χ1n) is 30.6. The largest absolute Gasteiger partial charge is 0.464 e. The molecule has 1 rings (SSSR count). The van der Waals surface area contributed by atoms with Crippen molar-refractivity contribution in [2.24, 2.45) is 5.92 Å². The van der Waals surface area contributed by atoms with Crippen molar-refractivity contribution in [2.45, 2.75) is 291 Å². The number of esters is 1. The molecule has 398 valence electrons. The molecule has 1 fully saturated rings. The van der Waals surface area contributed by atoms with E-state index in [1.807, 2.05) is 0 Å². The lowest BCUT2D eigenvalue weighted by molar-refractivity contribution is -0.146. The minimum absolute atomic E-state index is 0.0740. The number of carbonyl (C=O) groups is 2. The van der Waals surface area contributed by atoms with E-state index < -0.39 is 0 Å². The molecule has 1 aliphatic heterocycles. The second kappa shape index (κ2) is 49.8. The van der Waals surface area contributed by atoms with Gasteiger partial charge in [-0.3, -0.25) is 19.4 Å². The monoisotopic (exact) mass is 945 g/mol. The van der Waals surface area contributed by atoms with Crippen molar-refractivity contribution in [2.75, 3.05) is 78.6 Å². The van der Waals surface area contributed by atoms with Gasteiger partial charge in [0, 0.05) is 32.1 Å². The second-order valence-electron chi connectivity index (χ2n) is 21.6. The first kappa shape index (κ1) is 63.8. The first-order chi connectivity index (χ1) is 33.0. The Kier molecular flexibility index (Phi) is 47.4. The summed E-state index contributed by atoms with van der Waals surface area (Å²) in [4.78, 5) is 37.0. The molecular weight excluding hydrogens is 825 g/mol. The highest BCUT2D eigenvalue weighted by Crippen LogP contribution is 2.19. The van der Waals surface area contributed by atoms with E-state index >= 15 is 0 Å². The maximum Gasteiger partial charge on any atom is 0.320 e.